The highest BCUT2D eigenvalue weighted by molar-refractivity contribution is 6.74. The number of alkyl halides is 1. The number of rotatable bonds is 2. The molecular weight excluding hydrogens is 307 g/mol. The van der Waals surface area contributed by atoms with Gasteiger partial charge in [-0.05, 0) is 43.1 Å². The van der Waals surface area contributed by atoms with Gasteiger partial charge >= 0.3 is 0 Å². The van der Waals surface area contributed by atoms with E-state index in [1.54, 1.807) is 12.2 Å². The minimum atomic E-state index is -2.25. The summed E-state index contributed by atoms with van der Waals surface area (Å²) < 4.78 is 20.7. The summed E-state index contributed by atoms with van der Waals surface area (Å²) in [5.74, 6) is 10.5. The lowest BCUT2D eigenvalue weighted by Gasteiger charge is -2.44. The summed E-state index contributed by atoms with van der Waals surface area (Å²) in [4.78, 5) is 13.0. The molecule has 0 spiro atoms. The predicted molar refractivity (Wildman–Crippen MR) is 92.9 cm³/mol. The summed E-state index contributed by atoms with van der Waals surface area (Å²) in [7, 11) is -2.25. The molecule has 4 heteroatoms. The average Bonchev–Trinajstić information content (AvgIpc) is 2.42. The van der Waals surface area contributed by atoms with Crippen molar-refractivity contribution in [1.82, 2.24) is 0 Å². The topological polar surface area (TPSA) is 26.3 Å². The number of halogens is 1. The van der Waals surface area contributed by atoms with Gasteiger partial charge in [0.05, 0.1) is 0 Å². The normalized spacial score (nSPS) is 28.7. The number of Topliss-reactive ketones (excluding diaryl/α,β-unsaturated/α-hetero) is 1. The van der Waals surface area contributed by atoms with Gasteiger partial charge in [-0.1, -0.05) is 50.5 Å². The lowest BCUT2D eigenvalue weighted by Crippen LogP contribution is -2.54. The highest BCUT2D eigenvalue weighted by Gasteiger charge is 2.50. The van der Waals surface area contributed by atoms with Crippen LogP contribution in [0.1, 0.15) is 33.6 Å². The van der Waals surface area contributed by atoms with Crippen LogP contribution in [0.2, 0.25) is 18.1 Å². The van der Waals surface area contributed by atoms with Crippen LogP contribution in [0.3, 0.4) is 0 Å². The molecule has 23 heavy (non-hydrogen) atoms. The zero-order valence-corrected chi connectivity index (χ0v) is 15.4. The molecule has 0 aromatic rings. The second-order valence-electron chi connectivity index (χ2n) is 7.47. The Bertz CT molecular complexity index is 689. The van der Waals surface area contributed by atoms with Crippen molar-refractivity contribution < 1.29 is 13.6 Å². The van der Waals surface area contributed by atoms with E-state index in [0.29, 0.717) is 12.8 Å². The second-order valence-corrected chi connectivity index (χ2v) is 12.2. The summed E-state index contributed by atoms with van der Waals surface area (Å²) in [6.07, 6.45) is 4.13. The van der Waals surface area contributed by atoms with E-state index in [0.717, 1.165) is 0 Å². The van der Waals surface area contributed by atoms with Crippen LogP contribution in [0, 0.1) is 23.7 Å². The predicted octanol–water partition coefficient (Wildman–Crippen LogP) is 3.95. The van der Waals surface area contributed by atoms with Crippen molar-refractivity contribution in [2.45, 2.75) is 63.5 Å². The molecule has 0 N–H and O–H groups in total. The smallest absolute Gasteiger partial charge is 0.205 e. The van der Waals surface area contributed by atoms with E-state index in [1.165, 1.54) is 6.08 Å². The number of allylic oxidation sites excluding steroid dienone is 3. The van der Waals surface area contributed by atoms with Crippen molar-refractivity contribution in [3.8, 4) is 23.7 Å². The first-order chi connectivity index (χ1) is 10.6. The van der Waals surface area contributed by atoms with Crippen LogP contribution in [0.25, 0.3) is 0 Å². The van der Waals surface area contributed by atoms with E-state index in [9.17, 15) is 9.18 Å². The second kappa shape index (κ2) is 6.11. The molecule has 2 aliphatic carbocycles. The fourth-order valence-corrected chi connectivity index (χ4v) is 3.78. The van der Waals surface area contributed by atoms with Crippen LogP contribution in [0.5, 0.6) is 0 Å². The Labute approximate surface area is 139 Å². The van der Waals surface area contributed by atoms with Gasteiger partial charge in [0.1, 0.15) is 0 Å². The van der Waals surface area contributed by atoms with E-state index >= 15 is 0 Å². The molecule has 2 atom stereocenters. The van der Waals surface area contributed by atoms with Gasteiger partial charge in [0.2, 0.25) is 5.78 Å². The minimum absolute atomic E-state index is 0.0644. The summed E-state index contributed by atoms with van der Waals surface area (Å²) in [5, 5.41) is -0.0644. The fraction of sp³-hybridized carbons (Fsp3) is 0.526. The third-order valence-corrected chi connectivity index (χ3v) is 9.20. The minimum Gasteiger partial charge on any atom is -0.395 e. The maximum atomic E-state index is 14.3. The third kappa shape index (κ3) is 3.49. The largest absolute Gasteiger partial charge is 0.395 e. The van der Waals surface area contributed by atoms with Crippen LogP contribution < -0.4 is 0 Å². The molecule has 2 nitrogen and oxygen atoms in total. The van der Waals surface area contributed by atoms with Crippen molar-refractivity contribution >= 4 is 14.1 Å². The van der Waals surface area contributed by atoms with E-state index < -0.39 is 20.1 Å². The molecule has 2 aliphatic rings. The van der Waals surface area contributed by atoms with E-state index in [1.807, 2.05) is 0 Å². The molecule has 0 radical (unpaired) electrons. The quantitative estimate of drug-likeness (QED) is 0.566. The van der Waals surface area contributed by atoms with E-state index in [4.69, 9.17) is 4.43 Å². The fourth-order valence-electron chi connectivity index (χ4n) is 2.36. The summed E-state index contributed by atoms with van der Waals surface area (Å²) in [5.41, 5.74) is -1.16. The van der Waals surface area contributed by atoms with Crippen molar-refractivity contribution in [2.75, 3.05) is 0 Å². The first kappa shape index (κ1) is 17.7. The molecular formula is C19H23FO2Si. The van der Waals surface area contributed by atoms with Crippen LogP contribution in [-0.2, 0) is 9.22 Å². The Morgan fingerprint density at radius 2 is 1.96 bits per heavy atom. The van der Waals surface area contributed by atoms with Crippen molar-refractivity contribution in [3.63, 3.8) is 0 Å². The molecule has 2 rings (SSSR count). The van der Waals surface area contributed by atoms with Crippen molar-refractivity contribution in [1.29, 1.82) is 0 Å². The summed E-state index contributed by atoms with van der Waals surface area (Å²) >= 11 is 0. The molecule has 0 aromatic carbocycles. The molecule has 0 unspecified atom stereocenters. The van der Waals surface area contributed by atoms with Crippen LogP contribution in [-0.4, -0.2) is 25.9 Å². The van der Waals surface area contributed by atoms with Crippen LogP contribution in [0.4, 0.5) is 4.39 Å². The molecule has 0 saturated carbocycles. The molecule has 0 aromatic heterocycles. The average molecular weight is 330 g/mol. The third-order valence-electron chi connectivity index (χ3n) is 4.73. The number of hydrogen-bond donors (Lipinski definition) is 0. The Balaban J connectivity index is 2.52. The molecule has 0 fully saturated rings. The number of carbonyl (C=O) groups is 1. The number of ketones is 1. The number of hydrogen-bond acceptors (Lipinski definition) is 2. The Kier molecular flexibility index (Phi) is 4.71. The maximum absolute atomic E-state index is 14.3. The van der Waals surface area contributed by atoms with Gasteiger partial charge in [0, 0.05) is 5.57 Å². The van der Waals surface area contributed by atoms with Gasteiger partial charge in [-0.3, -0.25) is 4.79 Å². The van der Waals surface area contributed by atoms with E-state index in [2.05, 4.69) is 57.5 Å². The highest BCUT2D eigenvalue weighted by Crippen LogP contribution is 2.42. The zero-order chi connectivity index (χ0) is 17.3. The summed E-state index contributed by atoms with van der Waals surface area (Å²) in [6.45, 7) is 10.5. The van der Waals surface area contributed by atoms with Gasteiger partial charge < -0.3 is 4.43 Å². The number of fused-ring (bicyclic) bond motifs is 2. The Morgan fingerprint density at radius 1 is 1.30 bits per heavy atom. The Morgan fingerprint density at radius 3 is 2.61 bits per heavy atom. The number of carbonyl (C=O) groups excluding carboxylic acids is 1. The molecule has 0 amide bonds. The van der Waals surface area contributed by atoms with Gasteiger partial charge in [-0.25, -0.2) is 4.39 Å². The van der Waals surface area contributed by atoms with Gasteiger partial charge in [-0.15, -0.1) is 0 Å². The molecule has 0 aliphatic heterocycles. The molecule has 0 heterocycles. The first-order valence-electron chi connectivity index (χ1n) is 7.87. The SMILES string of the molecule is CC(C)(C)[Si](C)(C)O[C@@]12C#C/C=C\C#C[C@@H](F)C(=CCC1)C2=O. The maximum Gasteiger partial charge on any atom is 0.205 e. The zero-order valence-electron chi connectivity index (χ0n) is 14.4. The van der Waals surface area contributed by atoms with Crippen molar-refractivity contribution in [2.24, 2.45) is 0 Å². The van der Waals surface area contributed by atoms with Crippen molar-refractivity contribution in [3.05, 3.63) is 23.8 Å². The molecule has 122 valence electrons. The lowest BCUT2D eigenvalue weighted by atomic mass is 9.82. The summed E-state index contributed by atoms with van der Waals surface area (Å²) in [6, 6.07) is 0. The van der Waals surface area contributed by atoms with E-state index in [-0.39, 0.29) is 16.4 Å². The molecule has 0 saturated heterocycles. The standard InChI is InChI=1S/C19H23FO2Si/c1-18(2,3)23(4,5)22-19-13-9-7-6-8-12-16(20)15(17(19)21)11-10-14-19/h6-7,11,16H,10,14H2,1-5H3/b7-6-/t16-,19+/m1/s1. The van der Waals surface area contributed by atoms with Gasteiger partial charge in [0.15, 0.2) is 20.1 Å². The van der Waals surface area contributed by atoms with Crippen LogP contribution >= 0.6 is 0 Å². The molecule has 2 bridgehead atoms. The highest BCUT2D eigenvalue weighted by atomic mass is 28.4. The first-order valence-corrected chi connectivity index (χ1v) is 10.8. The lowest BCUT2D eigenvalue weighted by molar-refractivity contribution is -0.128. The monoisotopic (exact) mass is 330 g/mol. The van der Waals surface area contributed by atoms with Crippen LogP contribution in [0.15, 0.2) is 23.8 Å². The Hall–Kier alpha value is -1.62. The van der Waals surface area contributed by atoms with Gasteiger partial charge in [0.25, 0.3) is 0 Å². The van der Waals surface area contributed by atoms with Gasteiger partial charge in [-0.2, -0.15) is 0 Å².